The first kappa shape index (κ1) is 11.5. The zero-order chi connectivity index (χ0) is 11.4. The molecule has 0 saturated carbocycles. The molecule has 1 aromatic carbocycles. The molecule has 0 radical (unpaired) electrons. The fourth-order valence-corrected chi connectivity index (χ4v) is 2.42. The van der Waals surface area contributed by atoms with Crippen molar-refractivity contribution in [2.45, 2.75) is 31.0 Å². The molecule has 1 atom stereocenters. The fraction of sp³-hybridized carbons (Fsp3) is 0.417. The smallest absolute Gasteiger partial charge is 0.166 e. The Balaban J connectivity index is 1.89. The summed E-state index contributed by atoms with van der Waals surface area (Å²) in [5.74, 6) is 1.07. The number of nitrogens with one attached hydrogen (secondary N) is 1. The SMILES string of the molecule is CC(N)CCCSc1nc2ccccc2[nH]1. The Kier molecular flexibility index (Phi) is 3.85. The number of rotatable bonds is 5. The molecule has 86 valence electrons. The number of benzene rings is 1. The predicted molar refractivity (Wildman–Crippen MR) is 69.7 cm³/mol. The Bertz CT molecular complexity index is 417. The van der Waals surface area contributed by atoms with E-state index >= 15 is 0 Å². The average molecular weight is 235 g/mol. The third-order valence-electron chi connectivity index (χ3n) is 2.41. The number of fused-ring (bicyclic) bond motifs is 1. The predicted octanol–water partition coefficient (Wildman–Crippen LogP) is 2.78. The summed E-state index contributed by atoms with van der Waals surface area (Å²) in [4.78, 5) is 7.81. The maximum Gasteiger partial charge on any atom is 0.166 e. The van der Waals surface area contributed by atoms with Gasteiger partial charge >= 0.3 is 0 Å². The van der Waals surface area contributed by atoms with Crippen LogP contribution in [0, 0.1) is 0 Å². The average Bonchev–Trinajstić information content (AvgIpc) is 2.66. The third kappa shape index (κ3) is 3.00. The fourth-order valence-electron chi connectivity index (χ4n) is 1.57. The van der Waals surface area contributed by atoms with Crippen molar-refractivity contribution in [3.63, 3.8) is 0 Å². The Morgan fingerprint density at radius 3 is 3.00 bits per heavy atom. The number of hydrogen-bond donors (Lipinski definition) is 2. The molecule has 4 heteroatoms. The van der Waals surface area contributed by atoms with E-state index in [0.717, 1.165) is 34.8 Å². The van der Waals surface area contributed by atoms with Gasteiger partial charge < -0.3 is 10.7 Å². The lowest BCUT2D eigenvalue weighted by Gasteiger charge is -2.02. The topological polar surface area (TPSA) is 54.7 Å². The number of aromatic amines is 1. The van der Waals surface area contributed by atoms with Crippen molar-refractivity contribution in [1.82, 2.24) is 9.97 Å². The van der Waals surface area contributed by atoms with Gasteiger partial charge in [-0.15, -0.1) is 0 Å². The molecule has 0 bridgehead atoms. The minimum atomic E-state index is 0.302. The van der Waals surface area contributed by atoms with E-state index in [9.17, 15) is 0 Å². The molecule has 0 aliphatic heterocycles. The van der Waals surface area contributed by atoms with E-state index in [0.29, 0.717) is 6.04 Å². The summed E-state index contributed by atoms with van der Waals surface area (Å²) < 4.78 is 0. The van der Waals surface area contributed by atoms with Gasteiger partial charge in [0.15, 0.2) is 5.16 Å². The molecular weight excluding hydrogens is 218 g/mol. The molecule has 16 heavy (non-hydrogen) atoms. The molecule has 1 heterocycles. The Morgan fingerprint density at radius 1 is 1.44 bits per heavy atom. The van der Waals surface area contributed by atoms with Crippen LogP contribution in [-0.2, 0) is 0 Å². The van der Waals surface area contributed by atoms with Crippen molar-refractivity contribution in [1.29, 1.82) is 0 Å². The van der Waals surface area contributed by atoms with E-state index in [-0.39, 0.29) is 0 Å². The Hall–Kier alpha value is -1.00. The van der Waals surface area contributed by atoms with E-state index in [1.165, 1.54) is 0 Å². The lowest BCUT2D eigenvalue weighted by Crippen LogP contribution is -2.14. The highest BCUT2D eigenvalue weighted by Gasteiger charge is 2.02. The standard InChI is InChI=1S/C12H17N3S/c1-9(13)5-4-8-16-12-14-10-6-2-3-7-11(10)15-12/h2-3,6-7,9H,4-5,8,13H2,1H3,(H,14,15). The van der Waals surface area contributed by atoms with Crippen LogP contribution < -0.4 is 5.73 Å². The number of thioether (sulfide) groups is 1. The first-order chi connectivity index (χ1) is 7.75. The first-order valence-electron chi connectivity index (χ1n) is 5.59. The molecule has 1 aromatic heterocycles. The summed E-state index contributed by atoms with van der Waals surface area (Å²) in [6, 6.07) is 8.40. The van der Waals surface area contributed by atoms with Crippen molar-refractivity contribution in [3.8, 4) is 0 Å². The van der Waals surface area contributed by atoms with Crippen LogP contribution >= 0.6 is 11.8 Å². The number of nitrogens with two attached hydrogens (primary N) is 1. The molecule has 2 aromatic rings. The molecule has 1 unspecified atom stereocenters. The highest BCUT2D eigenvalue weighted by molar-refractivity contribution is 7.99. The van der Waals surface area contributed by atoms with Crippen LogP contribution in [0.25, 0.3) is 11.0 Å². The highest BCUT2D eigenvalue weighted by atomic mass is 32.2. The van der Waals surface area contributed by atoms with Crippen LogP contribution in [-0.4, -0.2) is 21.8 Å². The minimum absolute atomic E-state index is 0.302. The second kappa shape index (κ2) is 5.37. The van der Waals surface area contributed by atoms with Gasteiger partial charge in [-0.25, -0.2) is 4.98 Å². The summed E-state index contributed by atoms with van der Waals surface area (Å²) in [6.07, 6.45) is 2.21. The van der Waals surface area contributed by atoms with Crippen molar-refractivity contribution in [2.24, 2.45) is 5.73 Å². The van der Waals surface area contributed by atoms with Crippen LogP contribution in [0.4, 0.5) is 0 Å². The Morgan fingerprint density at radius 2 is 2.25 bits per heavy atom. The number of para-hydroxylation sites is 2. The summed E-state index contributed by atoms with van der Waals surface area (Å²) >= 11 is 1.77. The molecule has 3 nitrogen and oxygen atoms in total. The van der Waals surface area contributed by atoms with E-state index in [2.05, 4.69) is 9.97 Å². The summed E-state index contributed by atoms with van der Waals surface area (Å²) in [5.41, 5.74) is 7.85. The highest BCUT2D eigenvalue weighted by Crippen LogP contribution is 2.20. The van der Waals surface area contributed by atoms with Gasteiger partial charge in [-0.2, -0.15) is 0 Å². The normalized spacial score (nSPS) is 13.1. The monoisotopic (exact) mass is 235 g/mol. The van der Waals surface area contributed by atoms with Gasteiger partial charge in [0.2, 0.25) is 0 Å². The molecule has 0 spiro atoms. The van der Waals surface area contributed by atoms with Gasteiger partial charge in [-0.05, 0) is 31.9 Å². The third-order valence-corrected chi connectivity index (χ3v) is 3.37. The first-order valence-corrected chi connectivity index (χ1v) is 6.57. The molecule has 0 aliphatic rings. The van der Waals surface area contributed by atoms with Crippen molar-refractivity contribution < 1.29 is 0 Å². The molecule has 0 amide bonds. The maximum atomic E-state index is 5.70. The van der Waals surface area contributed by atoms with Crippen LogP contribution in [0.2, 0.25) is 0 Å². The molecule has 2 rings (SSSR count). The van der Waals surface area contributed by atoms with E-state index in [1.54, 1.807) is 11.8 Å². The van der Waals surface area contributed by atoms with Gasteiger partial charge in [0.05, 0.1) is 11.0 Å². The molecular formula is C12H17N3S. The van der Waals surface area contributed by atoms with Crippen molar-refractivity contribution in [3.05, 3.63) is 24.3 Å². The zero-order valence-corrected chi connectivity index (χ0v) is 10.3. The summed E-state index contributed by atoms with van der Waals surface area (Å²) in [7, 11) is 0. The zero-order valence-electron chi connectivity index (χ0n) is 9.44. The number of H-pyrrole nitrogens is 1. The van der Waals surface area contributed by atoms with Crippen LogP contribution in [0.5, 0.6) is 0 Å². The van der Waals surface area contributed by atoms with E-state index in [1.807, 2.05) is 31.2 Å². The van der Waals surface area contributed by atoms with E-state index in [4.69, 9.17) is 5.73 Å². The van der Waals surface area contributed by atoms with Gasteiger partial charge in [-0.1, -0.05) is 23.9 Å². The van der Waals surface area contributed by atoms with Crippen molar-refractivity contribution in [2.75, 3.05) is 5.75 Å². The van der Waals surface area contributed by atoms with Gasteiger partial charge in [-0.3, -0.25) is 0 Å². The second-order valence-corrected chi connectivity index (χ2v) is 5.11. The largest absolute Gasteiger partial charge is 0.333 e. The maximum absolute atomic E-state index is 5.70. The van der Waals surface area contributed by atoms with Crippen LogP contribution in [0.3, 0.4) is 0 Å². The van der Waals surface area contributed by atoms with Gasteiger partial charge in [0.1, 0.15) is 0 Å². The molecule has 3 N–H and O–H groups in total. The Labute approximate surface area is 99.8 Å². The van der Waals surface area contributed by atoms with Gasteiger partial charge in [0, 0.05) is 11.8 Å². The number of hydrogen-bond acceptors (Lipinski definition) is 3. The second-order valence-electron chi connectivity index (χ2n) is 4.03. The van der Waals surface area contributed by atoms with E-state index < -0.39 is 0 Å². The quantitative estimate of drug-likeness (QED) is 0.619. The van der Waals surface area contributed by atoms with Crippen LogP contribution in [0.1, 0.15) is 19.8 Å². The lowest BCUT2D eigenvalue weighted by atomic mass is 10.2. The minimum Gasteiger partial charge on any atom is -0.333 e. The molecule has 0 fully saturated rings. The number of nitrogens with zero attached hydrogens (tertiary/aromatic N) is 1. The lowest BCUT2D eigenvalue weighted by molar-refractivity contribution is 0.656. The number of aromatic nitrogens is 2. The molecule has 0 saturated heterocycles. The van der Waals surface area contributed by atoms with Gasteiger partial charge in [0.25, 0.3) is 0 Å². The summed E-state index contributed by atoms with van der Waals surface area (Å²) in [6.45, 7) is 2.05. The van der Waals surface area contributed by atoms with Crippen molar-refractivity contribution >= 4 is 22.8 Å². The molecule has 0 aliphatic carbocycles. The summed E-state index contributed by atoms with van der Waals surface area (Å²) in [5, 5.41) is 1.01. The van der Waals surface area contributed by atoms with Crippen LogP contribution in [0.15, 0.2) is 29.4 Å². The number of imidazole rings is 1.